The fourth-order valence-corrected chi connectivity index (χ4v) is 3.45. The van der Waals surface area contributed by atoms with Crippen LogP contribution in [0.1, 0.15) is 18.7 Å². The molecule has 3 aromatic rings. The number of methoxy groups -OCH3 is 2. The minimum atomic E-state index is -0.483. The van der Waals surface area contributed by atoms with Crippen LogP contribution in [0, 0.1) is 0 Å². The summed E-state index contributed by atoms with van der Waals surface area (Å²) in [5.41, 5.74) is 1.57. The van der Waals surface area contributed by atoms with Crippen LogP contribution in [-0.4, -0.2) is 53.4 Å². The first-order valence-corrected chi connectivity index (χ1v) is 10.3. The van der Waals surface area contributed by atoms with Crippen LogP contribution in [0.15, 0.2) is 52.1 Å². The lowest BCUT2D eigenvalue weighted by Gasteiger charge is -2.22. The monoisotopic (exact) mass is 469 g/mol. The second-order valence-electron chi connectivity index (χ2n) is 7.02. The van der Waals surface area contributed by atoms with Crippen molar-refractivity contribution in [3.63, 3.8) is 0 Å². The fraction of sp³-hybridized carbons (Fsp3) is 0.227. The molecule has 10 nitrogen and oxygen atoms in total. The lowest BCUT2D eigenvalue weighted by atomic mass is 10.1. The molecular weight excluding hydrogens is 450 g/mol. The first-order valence-electron chi connectivity index (χ1n) is 9.97. The molecule has 4 rings (SSSR count). The Kier molecular flexibility index (Phi) is 6.55. The number of nitrogens with one attached hydrogen (secondary N) is 1. The summed E-state index contributed by atoms with van der Waals surface area (Å²) < 4.78 is 15.8. The molecule has 1 aliphatic rings. The number of rotatable bonds is 7. The van der Waals surface area contributed by atoms with Gasteiger partial charge in [-0.3, -0.25) is 9.59 Å². The average Bonchev–Trinajstić information content (AvgIpc) is 3.32. The van der Waals surface area contributed by atoms with Gasteiger partial charge in [0.05, 0.1) is 24.9 Å². The summed E-state index contributed by atoms with van der Waals surface area (Å²) in [7, 11) is 2.93. The van der Waals surface area contributed by atoms with E-state index in [0.717, 1.165) is 10.6 Å². The number of carbonyl (C=O) groups excluding carboxylic acids is 2. The topological polar surface area (TPSA) is 119 Å². The molecule has 170 valence electrons. The summed E-state index contributed by atoms with van der Waals surface area (Å²) in [4.78, 5) is 29.4. The predicted octanol–water partition coefficient (Wildman–Crippen LogP) is 3.37. The second-order valence-corrected chi connectivity index (χ2v) is 7.43. The van der Waals surface area contributed by atoms with E-state index in [4.69, 9.17) is 25.6 Å². The normalized spacial score (nSPS) is 13.5. The molecule has 11 heteroatoms. The summed E-state index contributed by atoms with van der Waals surface area (Å²) >= 11 is 6.15. The highest BCUT2D eigenvalue weighted by Gasteiger charge is 2.27. The molecule has 1 N–H and O–H groups in total. The van der Waals surface area contributed by atoms with Gasteiger partial charge in [-0.1, -0.05) is 47.1 Å². The molecule has 2 heterocycles. The number of benzene rings is 2. The van der Waals surface area contributed by atoms with Gasteiger partial charge in [-0.2, -0.15) is 10.1 Å². The van der Waals surface area contributed by atoms with Gasteiger partial charge in [0.15, 0.2) is 0 Å². The molecule has 33 heavy (non-hydrogen) atoms. The zero-order valence-corrected chi connectivity index (χ0v) is 18.6. The van der Waals surface area contributed by atoms with Crippen molar-refractivity contribution in [2.24, 2.45) is 5.10 Å². The van der Waals surface area contributed by atoms with Gasteiger partial charge in [0.1, 0.15) is 23.8 Å². The number of halogens is 1. The Hall–Kier alpha value is -3.92. The third-order valence-electron chi connectivity index (χ3n) is 4.85. The van der Waals surface area contributed by atoms with Gasteiger partial charge in [0, 0.05) is 24.5 Å². The summed E-state index contributed by atoms with van der Waals surface area (Å²) in [5.74, 6) is 0.604. The molecule has 0 aliphatic carbocycles. The molecule has 0 saturated carbocycles. The lowest BCUT2D eigenvalue weighted by molar-refractivity contribution is -0.135. The SMILES string of the molecule is COc1cc(OC)c(NC(=O)CN2N=C(c3nc(-c4ccccc4)no3)CCC2=O)cc1Cl. The largest absolute Gasteiger partial charge is 0.495 e. The number of nitrogens with zero attached hydrogens (tertiary/aromatic N) is 4. The van der Waals surface area contributed by atoms with Crippen LogP contribution < -0.4 is 14.8 Å². The van der Waals surface area contributed by atoms with Crippen LogP contribution >= 0.6 is 11.6 Å². The Morgan fingerprint density at radius 3 is 2.64 bits per heavy atom. The number of amides is 2. The molecule has 1 aliphatic heterocycles. The Labute approximate surface area is 194 Å². The summed E-state index contributed by atoms with van der Waals surface area (Å²) in [6.07, 6.45) is 0.488. The van der Waals surface area contributed by atoms with Crippen molar-refractivity contribution in [1.29, 1.82) is 0 Å². The van der Waals surface area contributed by atoms with E-state index in [2.05, 4.69) is 20.6 Å². The first-order chi connectivity index (χ1) is 16.0. The van der Waals surface area contributed by atoms with Crippen molar-refractivity contribution in [3.05, 3.63) is 53.4 Å². The third kappa shape index (κ3) is 4.96. The van der Waals surface area contributed by atoms with Crippen molar-refractivity contribution in [2.45, 2.75) is 12.8 Å². The first kappa shape index (κ1) is 22.3. The van der Waals surface area contributed by atoms with Crippen molar-refractivity contribution in [1.82, 2.24) is 15.1 Å². The molecule has 0 atom stereocenters. The maximum atomic E-state index is 12.6. The Morgan fingerprint density at radius 1 is 1.15 bits per heavy atom. The molecule has 2 amide bonds. The number of aromatic nitrogens is 2. The molecule has 0 bridgehead atoms. The molecule has 0 fully saturated rings. The maximum Gasteiger partial charge on any atom is 0.274 e. The molecule has 0 saturated heterocycles. The standard InChI is InChI=1S/C22H20ClN5O5/c1-31-17-11-18(32-2)16(10-14(17)23)24-19(29)12-28-20(30)9-8-15(26-28)22-25-21(27-33-22)13-6-4-3-5-7-13/h3-7,10-11H,8-9,12H2,1-2H3,(H,24,29). The third-order valence-corrected chi connectivity index (χ3v) is 5.15. The molecule has 0 radical (unpaired) electrons. The van der Waals surface area contributed by atoms with Gasteiger partial charge in [-0.25, -0.2) is 5.01 Å². The van der Waals surface area contributed by atoms with Crippen LogP contribution in [0.4, 0.5) is 5.69 Å². The van der Waals surface area contributed by atoms with Crippen molar-refractivity contribution in [2.75, 3.05) is 26.1 Å². The second kappa shape index (κ2) is 9.70. The lowest BCUT2D eigenvalue weighted by Crippen LogP contribution is -2.38. The predicted molar refractivity (Wildman–Crippen MR) is 120 cm³/mol. The smallest absolute Gasteiger partial charge is 0.274 e. The number of hydrazone groups is 1. The van der Waals surface area contributed by atoms with Crippen LogP contribution in [0.3, 0.4) is 0 Å². The van der Waals surface area contributed by atoms with Gasteiger partial charge in [-0.05, 0) is 6.07 Å². The van der Waals surface area contributed by atoms with Crippen molar-refractivity contribution < 1.29 is 23.6 Å². The van der Waals surface area contributed by atoms with Crippen molar-refractivity contribution >= 4 is 34.8 Å². The number of hydrogen-bond acceptors (Lipinski definition) is 8. The van der Waals surface area contributed by atoms with E-state index >= 15 is 0 Å². The summed E-state index contributed by atoms with van der Waals surface area (Å²) in [5, 5.41) is 12.3. The van der Waals surface area contributed by atoms with E-state index in [1.807, 2.05) is 30.3 Å². The van der Waals surface area contributed by atoms with Gasteiger partial charge < -0.3 is 19.3 Å². The number of anilines is 1. The van der Waals surface area contributed by atoms with E-state index in [1.165, 1.54) is 20.3 Å². The van der Waals surface area contributed by atoms with E-state index in [0.29, 0.717) is 40.2 Å². The summed E-state index contributed by atoms with van der Waals surface area (Å²) in [6, 6.07) is 12.4. The van der Waals surface area contributed by atoms with Gasteiger partial charge >= 0.3 is 0 Å². The Bertz CT molecular complexity index is 1210. The highest BCUT2D eigenvalue weighted by Crippen LogP contribution is 2.35. The Morgan fingerprint density at radius 2 is 1.91 bits per heavy atom. The highest BCUT2D eigenvalue weighted by atomic mass is 35.5. The van der Waals surface area contributed by atoms with Gasteiger partial charge in [0.25, 0.3) is 5.89 Å². The quantitative estimate of drug-likeness (QED) is 0.563. The zero-order chi connectivity index (χ0) is 23.4. The average molecular weight is 470 g/mol. The van der Waals surface area contributed by atoms with Crippen LogP contribution in [0.5, 0.6) is 11.5 Å². The number of hydrogen-bond donors (Lipinski definition) is 1. The van der Waals surface area contributed by atoms with E-state index in [1.54, 1.807) is 6.07 Å². The number of carbonyl (C=O) groups is 2. The van der Waals surface area contributed by atoms with Gasteiger partial charge in [-0.15, -0.1) is 0 Å². The fourth-order valence-electron chi connectivity index (χ4n) is 3.21. The molecule has 0 spiro atoms. The molecule has 1 aromatic heterocycles. The van der Waals surface area contributed by atoms with E-state index in [9.17, 15) is 9.59 Å². The van der Waals surface area contributed by atoms with E-state index < -0.39 is 5.91 Å². The van der Waals surface area contributed by atoms with Crippen LogP contribution in [-0.2, 0) is 9.59 Å². The van der Waals surface area contributed by atoms with Crippen molar-refractivity contribution in [3.8, 4) is 22.9 Å². The number of ether oxygens (including phenoxy) is 2. The minimum Gasteiger partial charge on any atom is -0.495 e. The van der Waals surface area contributed by atoms with E-state index in [-0.39, 0.29) is 24.8 Å². The molecule has 0 unspecified atom stereocenters. The van der Waals surface area contributed by atoms with Crippen LogP contribution in [0.25, 0.3) is 11.4 Å². The minimum absolute atomic E-state index is 0.160. The molecule has 2 aromatic carbocycles. The maximum absolute atomic E-state index is 12.6. The summed E-state index contributed by atoms with van der Waals surface area (Å²) in [6.45, 7) is -0.311. The molecular formula is C22H20ClN5O5. The van der Waals surface area contributed by atoms with Crippen LogP contribution in [0.2, 0.25) is 5.02 Å². The Balaban J connectivity index is 1.49. The van der Waals surface area contributed by atoms with Gasteiger partial charge in [0.2, 0.25) is 17.6 Å². The highest BCUT2D eigenvalue weighted by molar-refractivity contribution is 6.32. The zero-order valence-electron chi connectivity index (χ0n) is 17.9.